The Morgan fingerprint density at radius 1 is 1.00 bits per heavy atom. The molecule has 1 amide bonds. The number of carbonyl (C=O) groups is 1. The number of hydrogen-bond donors (Lipinski definition) is 2. The zero-order valence-corrected chi connectivity index (χ0v) is 20.0. The first kappa shape index (κ1) is 26.2. The van der Waals surface area contributed by atoms with Crippen LogP contribution in [-0.2, 0) is 28.7 Å². The number of nitrogens with one attached hydrogen (secondary N) is 1. The van der Waals surface area contributed by atoms with Crippen LogP contribution in [0.25, 0.3) is 0 Å². The SMILES string of the molecule is O=C(NCc1ccc(C(F)(F)F)cc1)[C@@]1(Cc2ccccc2)COC(c2ccc(OCCCO)cc2)=N1. The molecule has 0 saturated heterocycles. The van der Waals surface area contributed by atoms with E-state index in [-0.39, 0.29) is 25.7 Å². The van der Waals surface area contributed by atoms with Crippen molar-refractivity contribution in [3.8, 4) is 5.75 Å². The van der Waals surface area contributed by atoms with Gasteiger partial charge in [0.1, 0.15) is 12.4 Å². The molecular weight excluding hydrogens is 485 g/mol. The maximum Gasteiger partial charge on any atom is 0.416 e. The van der Waals surface area contributed by atoms with Crippen LogP contribution in [0.1, 0.15) is 28.7 Å². The molecule has 37 heavy (non-hydrogen) atoms. The molecule has 0 spiro atoms. The lowest BCUT2D eigenvalue weighted by Crippen LogP contribution is -2.48. The van der Waals surface area contributed by atoms with E-state index in [0.717, 1.165) is 17.7 Å². The Morgan fingerprint density at radius 3 is 2.35 bits per heavy atom. The Balaban J connectivity index is 1.52. The topological polar surface area (TPSA) is 80.2 Å². The van der Waals surface area contributed by atoms with Crippen LogP contribution >= 0.6 is 0 Å². The van der Waals surface area contributed by atoms with Crippen molar-refractivity contribution in [3.05, 3.63) is 101 Å². The van der Waals surface area contributed by atoms with Gasteiger partial charge in [-0.1, -0.05) is 42.5 Å². The number of rotatable bonds is 10. The van der Waals surface area contributed by atoms with Gasteiger partial charge in [-0.05, 0) is 47.5 Å². The van der Waals surface area contributed by atoms with Gasteiger partial charge in [-0.25, -0.2) is 4.99 Å². The number of carbonyl (C=O) groups excluding carboxylic acids is 1. The average Bonchev–Trinajstić information content (AvgIpc) is 3.33. The van der Waals surface area contributed by atoms with Crippen LogP contribution in [0, 0.1) is 0 Å². The van der Waals surface area contributed by atoms with Crippen molar-refractivity contribution < 1.29 is 32.5 Å². The van der Waals surface area contributed by atoms with Gasteiger partial charge in [-0.15, -0.1) is 0 Å². The smallest absolute Gasteiger partial charge is 0.416 e. The van der Waals surface area contributed by atoms with Crippen LogP contribution in [0.15, 0.2) is 83.9 Å². The third-order valence-corrected chi connectivity index (χ3v) is 5.93. The molecule has 6 nitrogen and oxygen atoms in total. The molecular formula is C28H27F3N2O4. The third kappa shape index (κ3) is 6.68. The van der Waals surface area contributed by atoms with Crippen molar-refractivity contribution in [2.24, 2.45) is 4.99 Å². The number of aliphatic imine (C=N–C) groups is 1. The second-order valence-electron chi connectivity index (χ2n) is 8.73. The van der Waals surface area contributed by atoms with Gasteiger partial charge in [-0.2, -0.15) is 13.2 Å². The first-order valence-corrected chi connectivity index (χ1v) is 11.8. The minimum atomic E-state index is -4.42. The summed E-state index contributed by atoms with van der Waals surface area (Å²) in [6, 6.07) is 21.2. The molecule has 0 unspecified atom stereocenters. The van der Waals surface area contributed by atoms with E-state index in [9.17, 15) is 18.0 Å². The lowest BCUT2D eigenvalue weighted by molar-refractivity contribution is -0.137. The summed E-state index contributed by atoms with van der Waals surface area (Å²) in [7, 11) is 0. The Hall–Kier alpha value is -3.85. The third-order valence-electron chi connectivity index (χ3n) is 5.93. The molecule has 0 aromatic heterocycles. The first-order chi connectivity index (χ1) is 17.8. The molecule has 0 fully saturated rings. The summed E-state index contributed by atoms with van der Waals surface area (Å²) >= 11 is 0. The molecule has 0 radical (unpaired) electrons. The van der Waals surface area contributed by atoms with E-state index in [1.165, 1.54) is 12.1 Å². The molecule has 0 bridgehead atoms. The molecule has 3 aromatic rings. The summed E-state index contributed by atoms with van der Waals surface area (Å²) in [4.78, 5) is 18.1. The Kier molecular flexibility index (Phi) is 8.13. The molecule has 1 aliphatic rings. The molecule has 2 N–H and O–H groups in total. The second kappa shape index (κ2) is 11.5. The van der Waals surface area contributed by atoms with Crippen LogP contribution < -0.4 is 10.1 Å². The summed E-state index contributed by atoms with van der Waals surface area (Å²) < 4.78 is 50.0. The number of hydrogen-bond acceptors (Lipinski definition) is 5. The van der Waals surface area contributed by atoms with Crippen molar-refractivity contribution in [1.82, 2.24) is 5.32 Å². The largest absolute Gasteiger partial charge is 0.494 e. The fourth-order valence-corrected chi connectivity index (χ4v) is 3.92. The summed E-state index contributed by atoms with van der Waals surface area (Å²) in [5.74, 6) is 0.582. The predicted molar refractivity (Wildman–Crippen MR) is 132 cm³/mol. The average molecular weight is 513 g/mol. The van der Waals surface area contributed by atoms with Gasteiger partial charge < -0.3 is 19.9 Å². The lowest BCUT2D eigenvalue weighted by atomic mass is 9.91. The van der Waals surface area contributed by atoms with E-state index in [0.29, 0.717) is 42.2 Å². The molecule has 0 saturated carbocycles. The monoisotopic (exact) mass is 512 g/mol. The summed E-state index contributed by atoms with van der Waals surface area (Å²) in [5, 5.41) is 11.7. The number of nitrogens with zero attached hydrogens (tertiary/aromatic N) is 1. The summed E-state index contributed by atoms with van der Waals surface area (Å²) in [6.45, 7) is 0.517. The van der Waals surface area contributed by atoms with E-state index < -0.39 is 17.3 Å². The van der Waals surface area contributed by atoms with Gasteiger partial charge >= 0.3 is 6.18 Å². The van der Waals surface area contributed by atoms with Gasteiger partial charge in [-0.3, -0.25) is 4.79 Å². The molecule has 194 valence electrons. The van der Waals surface area contributed by atoms with Crippen molar-refractivity contribution in [2.75, 3.05) is 19.8 Å². The minimum Gasteiger partial charge on any atom is -0.494 e. The quantitative estimate of drug-likeness (QED) is 0.391. The number of ether oxygens (including phenoxy) is 2. The zero-order valence-electron chi connectivity index (χ0n) is 20.0. The highest BCUT2D eigenvalue weighted by molar-refractivity contribution is 6.00. The van der Waals surface area contributed by atoms with Crippen LogP contribution in [0.2, 0.25) is 0 Å². The number of amides is 1. The number of aliphatic hydroxyl groups excluding tert-OH is 1. The number of aliphatic hydroxyl groups is 1. The van der Waals surface area contributed by atoms with Crippen LogP contribution in [0.4, 0.5) is 13.2 Å². The highest BCUT2D eigenvalue weighted by Crippen LogP contribution is 2.30. The van der Waals surface area contributed by atoms with Crippen molar-refractivity contribution >= 4 is 11.8 Å². The lowest BCUT2D eigenvalue weighted by Gasteiger charge is -2.23. The van der Waals surface area contributed by atoms with Gasteiger partial charge in [0.15, 0.2) is 5.54 Å². The minimum absolute atomic E-state index is 0.0187. The van der Waals surface area contributed by atoms with Crippen LogP contribution in [0.5, 0.6) is 5.75 Å². The molecule has 9 heteroatoms. The van der Waals surface area contributed by atoms with Gasteiger partial charge in [0, 0.05) is 31.6 Å². The molecule has 4 rings (SSSR count). The second-order valence-corrected chi connectivity index (χ2v) is 8.73. The summed E-state index contributed by atoms with van der Waals surface area (Å²) in [6.07, 6.45) is -3.60. The zero-order chi connectivity index (χ0) is 26.3. The molecule has 1 heterocycles. The van der Waals surface area contributed by atoms with E-state index in [1.54, 1.807) is 24.3 Å². The number of benzene rings is 3. The van der Waals surface area contributed by atoms with E-state index in [1.807, 2.05) is 30.3 Å². The fourth-order valence-electron chi connectivity index (χ4n) is 3.92. The summed E-state index contributed by atoms with van der Waals surface area (Å²) in [5.41, 5.74) is 0.134. The van der Waals surface area contributed by atoms with Crippen LogP contribution in [0.3, 0.4) is 0 Å². The van der Waals surface area contributed by atoms with Gasteiger partial charge in [0.25, 0.3) is 5.91 Å². The normalized spacial score (nSPS) is 17.1. The molecule has 0 aliphatic carbocycles. The van der Waals surface area contributed by atoms with Crippen LogP contribution in [-0.4, -0.2) is 42.3 Å². The van der Waals surface area contributed by atoms with E-state index in [4.69, 9.17) is 19.6 Å². The highest BCUT2D eigenvalue weighted by atomic mass is 19.4. The fraction of sp³-hybridized carbons (Fsp3) is 0.286. The van der Waals surface area contributed by atoms with Crippen molar-refractivity contribution in [2.45, 2.75) is 31.1 Å². The molecule has 1 atom stereocenters. The van der Waals surface area contributed by atoms with Crippen molar-refractivity contribution in [1.29, 1.82) is 0 Å². The number of halogens is 3. The Labute approximate surface area is 212 Å². The van der Waals surface area contributed by atoms with Gasteiger partial charge in [0.2, 0.25) is 5.90 Å². The first-order valence-electron chi connectivity index (χ1n) is 11.8. The van der Waals surface area contributed by atoms with Crippen molar-refractivity contribution in [3.63, 3.8) is 0 Å². The van der Waals surface area contributed by atoms with Gasteiger partial charge in [0.05, 0.1) is 12.2 Å². The standard InChI is InChI=1S/C28H27F3N2O4/c29-28(30,31)23-11-7-21(8-12-23)18-32-26(35)27(17-20-5-2-1-3-6-20)19-37-25(33-27)22-9-13-24(14-10-22)36-16-4-15-34/h1-3,5-14,34H,4,15-19H2,(H,32,35)/t27-/m1/s1. The van der Waals surface area contributed by atoms with E-state index in [2.05, 4.69) is 5.32 Å². The molecule has 1 aliphatic heterocycles. The number of alkyl halides is 3. The maximum absolute atomic E-state index is 13.4. The predicted octanol–water partition coefficient (Wildman–Crippen LogP) is 4.54. The Morgan fingerprint density at radius 2 is 1.70 bits per heavy atom. The molecule has 3 aromatic carbocycles. The maximum atomic E-state index is 13.4. The van der Waals surface area contributed by atoms with E-state index >= 15 is 0 Å². The Bertz CT molecular complexity index is 1210. The highest BCUT2D eigenvalue weighted by Gasteiger charge is 2.44.